The molecule has 0 aliphatic heterocycles. The molecule has 88 valence electrons. The maximum atomic E-state index is 10.8. The first-order valence-corrected chi connectivity index (χ1v) is 5.11. The molecule has 0 radical (unpaired) electrons. The molecular formula is C10H10Cl2O4. The number of aliphatic hydroxyl groups is 2. The maximum absolute atomic E-state index is 10.8. The largest absolute Gasteiger partial charge is 0.479 e. The molecule has 0 aromatic heterocycles. The summed E-state index contributed by atoms with van der Waals surface area (Å²) in [5, 5.41) is 28.3. The normalized spacial score (nSPS) is 16.6. The molecule has 1 rings (SSSR count). The van der Waals surface area contributed by atoms with Crippen LogP contribution in [0.15, 0.2) is 18.2 Å². The first-order chi connectivity index (χ1) is 7.28. The number of halogens is 2. The van der Waals surface area contributed by atoms with E-state index in [1.165, 1.54) is 12.1 Å². The van der Waals surface area contributed by atoms with Gasteiger partial charge in [0.2, 0.25) is 0 Å². The first-order valence-electron chi connectivity index (χ1n) is 4.36. The summed E-state index contributed by atoms with van der Waals surface area (Å²) in [7, 11) is 0. The second-order valence-corrected chi connectivity index (χ2v) is 4.30. The number of carboxylic acid groups (broad SMARTS) is 1. The lowest BCUT2D eigenvalue weighted by atomic mass is 9.93. The molecule has 4 nitrogen and oxygen atoms in total. The molecule has 16 heavy (non-hydrogen) atoms. The van der Waals surface area contributed by atoms with Gasteiger partial charge in [-0.05, 0) is 19.1 Å². The van der Waals surface area contributed by atoms with Crippen LogP contribution in [0.1, 0.15) is 18.6 Å². The van der Waals surface area contributed by atoms with Crippen molar-refractivity contribution >= 4 is 29.2 Å². The molecule has 2 atom stereocenters. The minimum atomic E-state index is -2.35. The standard InChI is InChI=1S/C10H10Cl2O4/c1-10(16,9(14)15)8(13)7-5(11)3-2-4-6(7)12/h2-4,8,13,16H,1H3,(H,14,15)/t8-,10+/m0/s1. The highest BCUT2D eigenvalue weighted by Gasteiger charge is 2.41. The van der Waals surface area contributed by atoms with Gasteiger partial charge in [-0.15, -0.1) is 0 Å². The fourth-order valence-corrected chi connectivity index (χ4v) is 1.77. The van der Waals surface area contributed by atoms with Crippen molar-refractivity contribution < 1.29 is 20.1 Å². The van der Waals surface area contributed by atoms with Crippen molar-refractivity contribution in [1.29, 1.82) is 0 Å². The Morgan fingerprint density at radius 3 is 2.19 bits per heavy atom. The molecular weight excluding hydrogens is 255 g/mol. The second kappa shape index (κ2) is 4.59. The van der Waals surface area contributed by atoms with E-state index in [1.54, 1.807) is 6.07 Å². The van der Waals surface area contributed by atoms with Gasteiger partial charge in [0.1, 0.15) is 6.10 Å². The third-order valence-corrected chi connectivity index (χ3v) is 2.90. The molecule has 0 bridgehead atoms. The van der Waals surface area contributed by atoms with Crippen molar-refractivity contribution in [3.05, 3.63) is 33.8 Å². The smallest absolute Gasteiger partial charge is 0.338 e. The lowest BCUT2D eigenvalue weighted by Gasteiger charge is -2.26. The van der Waals surface area contributed by atoms with Gasteiger partial charge >= 0.3 is 5.97 Å². The van der Waals surface area contributed by atoms with Crippen LogP contribution in [-0.4, -0.2) is 26.9 Å². The number of benzene rings is 1. The lowest BCUT2D eigenvalue weighted by Crippen LogP contribution is -2.41. The number of aliphatic carboxylic acids is 1. The molecule has 0 amide bonds. The molecule has 0 spiro atoms. The summed E-state index contributed by atoms with van der Waals surface area (Å²) < 4.78 is 0. The SMILES string of the molecule is C[C@](O)(C(=O)O)[C@@H](O)c1c(Cl)cccc1Cl. The number of hydrogen-bond donors (Lipinski definition) is 3. The highest BCUT2D eigenvalue weighted by Crippen LogP contribution is 2.35. The van der Waals surface area contributed by atoms with Gasteiger partial charge in [0.25, 0.3) is 0 Å². The van der Waals surface area contributed by atoms with E-state index in [9.17, 15) is 15.0 Å². The monoisotopic (exact) mass is 264 g/mol. The summed E-state index contributed by atoms with van der Waals surface area (Å²) in [5.74, 6) is -1.56. The average Bonchev–Trinajstić information content (AvgIpc) is 2.16. The summed E-state index contributed by atoms with van der Waals surface area (Å²) in [4.78, 5) is 10.8. The van der Waals surface area contributed by atoms with Crippen LogP contribution in [0.2, 0.25) is 10.0 Å². The van der Waals surface area contributed by atoms with Crippen LogP contribution in [0.3, 0.4) is 0 Å². The third kappa shape index (κ3) is 2.30. The Balaban J connectivity index is 3.24. The van der Waals surface area contributed by atoms with E-state index in [0.29, 0.717) is 0 Å². The zero-order valence-electron chi connectivity index (χ0n) is 8.32. The average molecular weight is 265 g/mol. The summed E-state index contributed by atoms with van der Waals surface area (Å²) in [6.45, 7) is 0.972. The fraction of sp³-hybridized carbons (Fsp3) is 0.300. The van der Waals surface area contributed by atoms with Gasteiger partial charge in [0, 0.05) is 15.6 Å². The molecule has 0 aliphatic carbocycles. The Hall–Kier alpha value is -0.810. The van der Waals surface area contributed by atoms with Crippen LogP contribution in [0, 0.1) is 0 Å². The van der Waals surface area contributed by atoms with Crippen molar-refractivity contribution in [1.82, 2.24) is 0 Å². The van der Waals surface area contributed by atoms with Crippen LogP contribution in [0.5, 0.6) is 0 Å². The highest BCUT2D eigenvalue weighted by atomic mass is 35.5. The Morgan fingerprint density at radius 1 is 1.38 bits per heavy atom. The Morgan fingerprint density at radius 2 is 1.81 bits per heavy atom. The van der Waals surface area contributed by atoms with E-state index in [0.717, 1.165) is 6.92 Å². The molecule has 3 N–H and O–H groups in total. The minimum absolute atomic E-state index is 0.00164. The number of carbonyl (C=O) groups is 1. The van der Waals surface area contributed by atoms with Crippen LogP contribution in [0.25, 0.3) is 0 Å². The maximum Gasteiger partial charge on any atom is 0.338 e. The van der Waals surface area contributed by atoms with Crippen molar-refractivity contribution in [3.63, 3.8) is 0 Å². The van der Waals surface area contributed by atoms with Crippen LogP contribution in [0.4, 0.5) is 0 Å². The van der Waals surface area contributed by atoms with Gasteiger partial charge in [0.05, 0.1) is 0 Å². The summed E-state index contributed by atoms with van der Waals surface area (Å²) >= 11 is 11.6. The number of rotatable bonds is 3. The quantitative estimate of drug-likeness (QED) is 0.779. The number of aliphatic hydroxyl groups excluding tert-OH is 1. The van der Waals surface area contributed by atoms with Gasteiger partial charge < -0.3 is 15.3 Å². The van der Waals surface area contributed by atoms with Crippen molar-refractivity contribution in [2.24, 2.45) is 0 Å². The predicted molar refractivity (Wildman–Crippen MR) is 59.7 cm³/mol. The van der Waals surface area contributed by atoms with E-state index >= 15 is 0 Å². The molecule has 0 aliphatic rings. The van der Waals surface area contributed by atoms with Crippen molar-refractivity contribution in [3.8, 4) is 0 Å². The Labute approximate surface area is 102 Å². The molecule has 0 unspecified atom stereocenters. The molecule has 0 fully saturated rings. The van der Waals surface area contributed by atoms with Crippen LogP contribution in [-0.2, 0) is 4.79 Å². The van der Waals surface area contributed by atoms with E-state index in [-0.39, 0.29) is 15.6 Å². The van der Waals surface area contributed by atoms with Crippen LogP contribution >= 0.6 is 23.2 Å². The van der Waals surface area contributed by atoms with E-state index in [1.807, 2.05) is 0 Å². The van der Waals surface area contributed by atoms with E-state index < -0.39 is 17.7 Å². The van der Waals surface area contributed by atoms with Gasteiger partial charge in [-0.2, -0.15) is 0 Å². The van der Waals surface area contributed by atoms with E-state index in [2.05, 4.69) is 0 Å². The van der Waals surface area contributed by atoms with Gasteiger partial charge in [-0.25, -0.2) is 4.79 Å². The molecule has 1 aromatic rings. The molecule has 1 aromatic carbocycles. The minimum Gasteiger partial charge on any atom is -0.479 e. The zero-order valence-corrected chi connectivity index (χ0v) is 9.83. The number of hydrogen-bond acceptors (Lipinski definition) is 3. The van der Waals surface area contributed by atoms with Crippen LogP contribution < -0.4 is 0 Å². The third-order valence-electron chi connectivity index (χ3n) is 2.24. The van der Waals surface area contributed by atoms with Gasteiger partial charge in [0.15, 0.2) is 5.60 Å². The van der Waals surface area contributed by atoms with E-state index in [4.69, 9.17) is 28.3 Å². The molecule has 0 heterocycles. The van der Waals surface area contributed by atoms with Crippen molar-refractivity contribution in [2.75, 3.05) is 0 Å². The Kier molecular flexibility index (Phi) is 3.80. The summed E-state index contributed by atoms with van der Waals surface area (Å²) in [6, 6.07) is 4.45. The van der Waals surface area contributed by atoms with Gasteiger partial charge in [-0.3, -0.25) is 0 Å². The highest BCUT2D eigenvalue weighted by molar-refractivity contribution is 6.36. The fourth-order valence-electron chi connectivity index (χ4n) is 1.17. The molecule has 0 saturated carbocycles. The topological polar surface area (TPSA) is 77.8 Å². The number of carboxylic acids is 1. The zero-order chi connectivity index (χ0) is 12.5. The second-order valence-electron chi connectivity index (χ2n) is 3.49. The Bertz CT molecular complexity index is 397. The van der Waals surface area contributed by atoms with Gasteiger partial charge in [-0.1, -0.05) is 29.3 Å². The molecule has 6 heteroatoms. The predicted octanol–water partition coefficient (Wildman–Crippen LogP) is 1.86. The summed E-state index contributed by atoms with van der Waals surface area (Å²) in [5.41, 5.74) is -2.35. The lowest BCUT2D eigenvalue weighted by molar-refractivity contribution is -0.169. The van der Waals surface area contributed by atoms with Crippen molar-refractivity contribution in [2.45, 2.75) is 18.6 Å². The molecule has 0 saturated heterocycles. The summed E-state index contributed by atoms with van der Waals surface area (Å²) in [6.07, 6.45) is -1.70. The first kappa shape index (κ1) is 13.3.